The predicted octanol–water partition coefficient (Wildman–Crippen LogP) is 18.0. The normalized spacial score (nSPS) is 12.8. The average Bonchev–Trinajstić information content (AvgIpc) is 3.32. The maximum absolute atomic E-state index is 12.5. The van der Waals surface area contributed by atoms with E-state index in [2.05, 4.69) is 55.6 Å². The van der Waals surface area contributed by atoms with Crippen LogP contribution in [0.4, 0.5) is 0 Å². The Kier molecular flexibility index (Phi) is 54.1. The van der Waals surface area contributed by atoms with Crippen LogP contribution in [0.15, 0.2) is 36.5 Å². The van der Waals surface area contributed by atoms with Crippen LogP contribution in [0.2, 0.25) is 0 Å². The molecule has 6 heteroatoms. The largest absolute Gasteiger partial charge is 0.465 e. The number of allylic oxidation sites excluding steroid dienone is 5. The van der Waals surface area contributed by atoms with Gasteiger partial charge in [0.2, 0.25) is 5.91 Å². The maximum atomic E-state index is 12.5. The molecule has 0 aliphatic rings. The molecule has 0 aliphatic carbocycles. The van der Waals surface area contributed by atoms with Gasteiger partial charge in [-0.1, -0.05) is 262 Å². The zero-order chi connectivity index (χ0) is 47.9. The zero-order valence-electron chi connectivity index (χ0n) is 44.2. The highest BCUT2D eigenvalue weighted by Gasteiger charge is 2.20. The van der Waals surface area contributed by atoms with Crippen LogP contribution in [0.5, 0.6) is 0 Å². The number of nitrogens with one attached hydrogen (secondary N) is 1. The van der Waals surface area contributed by atoms with Crippen molar-refractivity contribution in [2.24, 2.45) is 0 Å². The lowest BCUT2D eigenvalue weighted by molar-refractivity contribution is -0.143. The van der Waals surface area contributed by atoms with Crippen molar-refractivity contribution in [2.75, 3.05) is 13.2 Å². The van der Waals surface area contributed by atoms with E-state index in [9.17, 15) is 19.8 Å². The minimum Gasteiger partial charge on any atom is -0.465 e. The van der Waals surface area contributed by atoms with Gasteiger partial charge in [0.1, 0.15) is 0 Å². The Labute approximate surface area is 411 Å². The molecule has 0 aromatic rings. The summed E-state index contributed by atoms with van der Waals surface area (Å²) in [4.78, 5) is 24.5. The Bertz CT molecular complexity index is 1070. The van der Waals surface area contributed by atoms with E-state index in [1.54, 1.807) is 0 Å². The molecule has 0 radical (unpaired) electrons. The third kappa shape index (κ3) is 51.5. The highest BCUT2D eigenvalue weighted by Crippen LogP contribution is 2.17. The zero-order valence-corrected chi connectivity index (χ0v) is 44.2. The molecule has 0 saturated heterocycles. The van der Waals surface area contributed by atoms with E-state index in [1.165, 1.54) is 225 Å². The molecule has 0 rings (SSSR count). The summed E-state index contributed by atoms with van der Waals surface area (Å²) in [6, 6.07) is -0.545. The summed E-state index contributed by atoms with van der Waals surface area (Å²) in [5.74, 6) is -0.0831. The molecule has 0 aromatic carbocycles. The molecule has 2 atom stereocenters. The second-order valence-corrected chi connectivity index (χ2v) is 20.0. The van der Waals surface area contributed by atoms with Crippen molar-refractivity contribution < 1.29 is 24.5 Å². The van der Waals surface area contributed by atoms with E-state index in [0.29, 0.717) is 25.9 Å². The number of ether oxygens (including phenoxy) is 1. The van der Waals surface area contributed by atoms with Crippen molar-refractivity contribution in [1.82, 2.24) is 5.32 Å². The number of carbonyl (C=O) groups excluding carboxylic acids is 2. The predicted molar refractivity (Wildman–Crippen MR) is 287 cm³/mol. The van der Waals surface area contributed by atoms with Crippen LogP contribution in [-0.2, 0) is 14.3 Å². The monoisotopic (exact) mass is 928 g/mol. The first kappa shape index (κ1) is 64.1. The fourth-order valence-electron chi connectivity index (χ4n) is 8.94. The van der Waals surface area contributed by atoms with Gasteiger partial charge in [-0.25, -0.2) is 0 Å². The van der Waals surface area contributed by atoms with E-state index in [0.717, 1.165) is 51.4 Å². The van der Waals surface area contributed by atoms with Gasteiger partial charge in [-0.3, -0.25) is 9.59 Å². The lowest BCUT2D eigenvalue weighted by atomic mass is 10.0. The quantitative estimate of drug-likeness (QED) is 0.0321. The van der Waals surface area contributed by atoms with E-state index in [-0.39, 0.29) is 18.5 Å². The van der Waals surface area contributed by atoms with Crippen molar-refractivity contribution in [3.05, 3.63) is 36.5 Å². The van der Waals surface area contributed by atoms with Gasteiger partial charge in [0.05, 0.1) is 25.4 Å². The summed E-state index contributed by atoms with van der Waals surface area (Å²) < 4.78 is 5.41. The Morgan fingerprint density at radius 3 is 1.17 bits per heavy atom. The Hall–Kier alpha value is -1.92. The smallest absolute Gasteiger partial charge is 0.305 e. The number of hydrogen-bond acceptors (Lipinski definition) is 5. The molecule has 0 saturated carbocycles. The Morgan fingerprint density at radius 2 is 0.758 bits per heavy atom. The first-order valence-electron chi connectivity index (χ1n) is 29.2. The fraction of sp³-hybridized carbons (Fsp3) is 0.867. The summed E-state index contributed by atoms with van der Waals surface area (Å²) in [5, 5.41) is 23.3. The third-order valence-electron chi connectivity index (χ3n) is 13.4. The SMILES string of the molecule is CCCCCCC/C=C\CCCCCCCC(=O)OCC/C=C\C/C=C\CCCCCCCCCCCCCCCCC(=O)NC(CO)C(O)CCCCCCCCCCCCCCCC. The second-order valence-electron chi connectivity index (χ2n) is 20.0. The average molecular weight is 929 g/mol. The molecule has 0 fully saturated rings. The molecular formula is C60H113NO5. The summed E-state index contributed by atoms with van der Waals surface area (Å²) in [7, 11) is 0. The van der Waals surface area contributed by atoms with Crippen molar-refractivity contribution in [2.45, 2.75) is 321 Å². The van der Waals surface area contributed by atoms with Crippen LogP contribution in [0.3, 0.4) is 0 Å². The van der Waals surface area contributed by atoms with Gasteiger partial charge in [0.25, 0.3) is 0 Å². The Morgan fingerprint density at radius 1 is 0.424 bits per heavy atom. The topological polar surface area (TPSA) is 95.9 Å². The number of esters is 1. The molecule has 2 unspecified atom stereocenters. The summed E-state index contributed by atoms with van der Waals surface area (Å²) in [6.45, 7) is 4.84. The van der Waals surface area contributed by atoms with Crippen molar-refractivity contribution in [3.63, 3.8) is 0 Å². The van der Waals surface area contributed by atoms with Crippen LogP contribution >= 0.6 is 0 Å². The first-order valence-corrected chi connectivity index (χ1v) is 29.2. The van der Waals surface area contributed by atoms with Gasteiger partial charge in [-0.05, 0) is 70.6 Å². The molecule has 0 aromatic heterocycles. The van der Waals surface area contributed by atoms with Gasteiger partial charge in [0.15, 0.2) is 0 Å². The molecule has 1 amide bonds. The highest BCUT2D eigenvalue weighted by atomic mass is 16.5. The Balaban J connectivity index is 3.46. The summed E-state index contributed by atoms with van der Waals surface area (Å²) >= 11 is 0. The number of amides is 1. The summed E-state index contributed by atoms with van der Waals surface area (Å²) in [6.07, 6.45) is 68.7. The van der Waals surface area contributed by atoms with Crippen LogP contribution < -0.4 is 5.32 Å². The number of aliphatic hydroxyl groups excluding tert-OH is 2. The number of carbonyl (C=O) groups is 2. The van der Waals surface area contributed by atoms with Crippen LogP contribution in [0.1, 0.15) is 309 Å². The number of aliphatic hydroxyl groups is 2. The summed E-state index contributed by atoms with van der Waals surface area (Å²) in [5.41, 5.74) is 0. The molecule has 0 spiro atoms. The molecule has 66 heavy (non-hydrogen) atoms. The number of hydrogen-bond donors (Lipinski definition) is 3. The molecule has 0 aliphatic heterocycles. The molecule has 3 N–H and O–H groups in total. The van der Waals surface area contributed by atoms with E-state index >= 15 is 0 Å². The second kappa shape index (κ2) is 55.7. The van der Waals surface area contributed by atoms with Gasteiger partial charge in [-0.15, -0.1) is 0 Å². The molecule has 0 heterocycles. The fourth-order valence-corrected chi connectivity index (χ4v) is 8.94. The van der Waals surface area contributed by atoms with Crippen molar-refractivity contribution in [1.29, 1.82) is 0 Å². The molecule has 388 valence electrons. The van der Waals surface area contributed by atoms with Crippen molar-refractivity contribution >= 4 is 11.9 Å². The minimum absolute atomic E-state index is 0.0393. The maximum Gasteiger partial charge on any atom is 0.305 e. The lowest BCUT2D eigenvalue weighted by Gasteiger charge is -2.22. The molecular weight excluding hydrogens is 815 g/mol. The highest BCUT2D eigenvalue weighted by molar-refractivity contribution is 5.76. The first-order chi connectivity index (χ1) is 32.5. The van der Waals surface area contributed by atoms with Crippen LogP contribution in [0, 0.1) is 0 Å². The van der Waals surface area contributed by atoms with Gasteiger partial charge in [-0.2, -0.15) is 0 Å². The van der Waals surface area contributed by atoms with E-state index in [4.69, 9.17) is 4.74 Å². The van der Waals surface area contributed by atoms with E-state index in [1.807, 2.05) is 0 Å². The standard InChI is InChI=1S/C60H113NO5/c1-3-5-7-9-11-13-15-17-28-32-36-40-44-48-52-58(63)57(56-62)61-59(64)53-49-45-41-37-33-29-26-24-22-20-19-21-23-25-27-31-35-39-43-47-51-55-66-60(65)54-50-46-42-38-34-30-18-16-14-12-10-8-6-4-2/h16,18,31,35,43,47,57-58,62-63H,3-15,17,19-30,32-34,36-42,44-46,48-56H2,1-2H3,(H,61,64)/b18-16-,35-31-,47-43-. The molecule has 0 bridgehead atoms. The minimum atomic E-state index is -0.667. The van der Waals surface area contributed by atoms with Crippen molar-refractivity contribution in [3.8, 4) is 0 Å². The lowest BCUT2D eigenvalue weighted by Crippen LogP contribution is -2.45. The van der Waals surface area contributed by atoms with Gasteiger partial charge in [0, 0.05) is 12.8 Å². The van der Waals surface area contributed by atoms with Crippen LogP contribution in [0.25, 0.3) is 0 Å². The number of unbranched alkanes of at least 4 members (excludes halogenated alkanes) is 37. The van der Waals surface area contributed by atoms with Gasteiger partial charge < -0.3 is 20.3 Å². The molecule has 6 nitrogen and oxygen atoms in total. The van der Waals surface area contributed by atoms with Gasteiger partial charge >= 0.3 is 5.97 Å². The van der Waals surface area contributed by atoms with Crippen LogP contribution in [-0.4, -0.2) is 47.4 Å². The third-order valence-corrected chi connectivity index (χ3v) is 13.4. The van der Waals surface area contributed by atoms with E-state index < -0.39 is 12.1 Å². The number of rotatable bonds is 54.